The first-order valence-corrected chi connectivity index (χ1v) is 12.1. The van der Waals surface area contributed by atoms with Gasteiger partial charge in [0.25, 0.3) is 0 Å². The van der Waals surface area contributed by atoms with E-state index < -0.39 is 11.1 Å². The Labute approximate surface area is 193 Å². The van der Waals surface area contributed by atoms with Gasteiger partial charge >= 0.3 is 0 Å². The molecular formula is C20H27N9O3S. The zero-order valence-electron chi connectivity index (χ0n) is 18.2. The molecule has 3 aromatic heterocycles. The first-order valence-electron chi connectivity index (χ1n) is 10.9. The zero-order chi connectivity index (χ0) is 22.8. The SMILES string of the molecule is Nc1ncc(-c2cn3cc(CN4CCN(CS(=O)O)CC4)nc3c(N3CCOCC3)n2)cn1. The standard InChI is InChI=1S/C20H27N9O3S/c21-20-22-9-15(10-23-20)17-13-29-12-16(11-26-1-3-27(4-2-26)14-33(30)31)24-18(29)19(25-17)28-5-7-32-8-6-28/h9-10,12-13H,1-8,11,14H2,(H,30,31)(H2,21,22,23). The van der Waals surface area contributed by atoms with E-state index in [1.165, 1.54) is 0 Å². The van der Waals surface area contributed by atoms with Crippen LogP contribution in [0.1, 0.15) is 5.69 Å². The zero-order valence-corrected chi connectivity index (χ0v) is 19.0. The fraction of sp³-hybridized carbons (Fsp3) is 0.500. The van der Waals surface area contributed by atoms with Crippen LogP contribution in [0.3, 0.4) is 0 Å². The van der Waals surface area contributed by atoms with E-state index in [0.29, 0.717) is 19.8 Å². The summed E-state index contributed by atoms with van der Waals surface area (Å²) in [6.07, 6.45) is 7.34. The number of piperazine rings is 1. The molecule has 1 unspecified atom stereocenters. The summed E-state index contributed by atoms with van der Waals surface area (Å²) in [5, 5.41) is 0. The predicted molar refractivity (Wildman–Crippen MR) is 124 cm³/mol. The second-order valence-electron chi connectivity index (χ2n) is 8.19. The van der Waals surface area contributed by atoms with Gasteiger partial charge in [-0.15, -0.1) is 0 Å². The highest BCUT2D eigenvalue weighted by Gasteiger charge is 2.22. The van der Waals surface area contributed by atoms with Crippen LogP contribution in [0.15, 0.2) is 24.8 Å². The molecule has 2 aliphatic rings. The lowest BCUT2D eigenvalue weighted by Crippen LogP contribution is -2.46. The molecule has 2 saturated heterocycles. The van der Waals surface area contributed by atoms with Gasteiger partial charge in [-0.2, -0.15) is 0 Å². The van der Waals surface area contributed by atoms with E-state index in [1.807, 2.05) is 21.7 Å². The number of hydrogen-bond donors (Lipinski definition) is 2. The Kier molecular flexibility index (Phi) is 6.46. The smallest absolute Gasteiger partial charge is 0.219 e. The highest BCUT2D eigenvalue weighted by atomic mass is 32.2. The first kappa shape index (κ1) is 22.1. The van der Waals surface area contributed by atoms with E-state index in [0.717, 1.165) is 67.7 Å². The minimum absolute atomic E-state index is 0.203. The third kappa shape index (κ3) is 5.12. The van der Waals surface area contributed by atoms with Crippen LogP contribution >= 0.6 is 0 Å². The van der Waals surface area contributed by atoms with Crippen LogP contribution in [0.4, 0.5) is 11.8 Å². The van der Waals surface area contributed by atoms with Crippen LogP contribution in [0.2, 0.25) is 0 Å². The van der Waals surface area contributed by atoms with Crippen LogP contribution in [0.5, 0.6) is 0 Å². The second kappa shape index (κ2) is 9.65. The number of ether oxygens (including phenoxy) is 1. The molecule has 5 heterocycles. The van der Waals surface area contributed by atoms with Crippen molar-refractivity contribution in [2.75, 3.05) is 69.0 Å². The number of fused-ring (bicyclic) bond motifs is 1. The summed E-state index contributed by atoms with van der Waals surface area (Å²) in [6.45, 7) is 6.70. The number of hydrogen-bond acceptors (Lipinski definition) is 10. The lowest BCUT2D eigenvalue weighted by Gasteiger charge is -2.33. The van der Waals surface area contributed by atoms with Gasteiger partial charge in [0.05, 0.1) is 24.6 Å². The summed E-state index contributed by atoms with van der Waals surface area (Å²) >= 11 is -1.79. The van der Waals surface area contributed by atoms with E-state index in [4.69, 9.17) is 25.0 Å². The quantitative estimate of drug-likeness (QED) is 0.464. The Morgan fingerprint density at radius 3 is 2.39 bits per heavy atom. The number of morpholine rings is 1. The molecule has 33 heavy (non-hydrogen) atoms. The highest BCUT2D eigenvalue weighted by Crippen LogP contribution is 2.26. The van der Waals surface area contributed by atoms with Gasteiger partial charge in [0.2, 0.25) is 5.95 Å². The first-order chi connectivity index (χ1) is 16.0. The lowest BCUT2D eigenvalue weighted by atomic mass is 10.2. The predicted octanol–water partition coefficient (Wildman–Crippen LogP) is -0.0981. The molecule has 3 N–H and O–H groups in total. The van der Waals surface area contributed by atoms with Gasteiger partial charge in [0.15, 0.2) is 22.5 Å². The summed E-state index contributed by atoms with van der Waals surface area (Å²) in [4.78, 5) is 24.6. The van der Waals surface area contributed by atoms with Crippen molar-refractivity contribution in [1.29, 1.82) is 0 Å². The normalized spacial score (nSPS) is 19.2. The van der Waals surface area contributed by atoms with Gasteiger partial charge in [-0.1, -0.05) is 0 Å². The molecule has 176 valence electrons. The Hall–Kier alpha value is -2.71. The maximum atomic E-state index is 11.1. The van der Waals surface area contributed by atoms with Crippen LogP contribution in [0.25, 0.3) is 16.9 Å². The van der Waals surface area contributed by atoms with Crippen molar-refractivity contribution in [2.45, 2.75) is 6.54 Å². The number of anilines is 2. The third-order valence-corrected chi connectivity index (χ3v) is 6.48. The molecule has 3 aromatic rings. The Morgan fingerprint density at radius 2 is 1.70 bits per heavy atom. The maximum Gasteiger partial charge on any atom is 0.219 e. The molecule has 0 spiro atoms. The topological polar surface area (TPSA) is 138 Å². The van der Waals surface area contributed by atoms with Gasteiger partial charge in [0.1, 0.15) is 5.88 Å². The number of nitrogen functional groups attached to an aromatic ring is 1. The van der Waals surface area contributed by atoms with Gasteiger partial charge in [-0.25, -0.2) is 24.1 Å². The molecule has 1 atom stereocenters. The highest BCUT2D eigenvalue weighted by molar-refractivity contribution is 7.79. The molecule has 12 nitrogen and oxygen atoms in total. The Balaban J connectivity index is 1.42. The maximum absolute atomic E-state index is 11.1. The number of rotatable bonds is 6. The molecular weight excluding hydrogens is 446 g/mol. The van der Waals surface area contributed by atoms with E-state index in [-0.39, 0.29) is 11.8 Å². The molecule has 2 fully saturated rings. The fourth-order valence-electron chi connectivity index (χ4n) is 4.17. The third-order valence-electron chi connectivity index (χ3n) is 5.89. The molecule has 13 heteroatoms. The molecule has 0 radical (unpaired) electrons. The average Bonchev–Trinajstić information content (AvgIpc) is 3.23. The van der Waals surface area contributed by atoms with Crippen molar-refractivity contribution in [3.05, 3.63) is 30.5 Å². The molecule has 5 rings (SSSR count). The molecule has 0 amide bonds. The van der Waals surface area contributed by atoms with E-state index >= 15 is 0 Å². The van der Waals surface area contributed by atoms with Crippen molar-refractivity contribution in [1.82, 2.24) is 34.1 Å². The molecule has 0 aliphatic carbocycles. The number of aromatic nitrogens is 5. The summed E-state index contributed by atoms with van der Waals surface area (Å²) in [7, 11) is 0. The molecule has 2 aliphatic heterocycles. The Bertz CT molecular complexity index is 1130. The Morgan fingerprint density at radius 1 is 1.00 bits per heavy atom. The molecule has 0 bridgehead atoms. The van der Waals surface area contributed by atoms with Crippen molar-refractivity contribution in [3.63, 3.8) is 0 Å². The summed E-state index contributed by atoms with van der Waals surface area (Å²) < 4.78 is 27.7. The number of nitrogens with zero attached hydrogens (tertiary/aromatic N) is 8. The summed E-state index contributed by atoms with van der Waals surface area (Å²) in [5.74, 6) is 1.24. The van der Waals surface area contributed by atoms with Crippen LogP contribution in [-0.4, -0.2) is 101 Å². The van der Waals surface area contributed by atoms with Gasteiger partial charge in [0, 0.05) is 76.2 Å². The van der Waals surface area contributed by atoms with Crippen molar-refractivity contribution >= 4 is 28.5 Å². The van der Waals surface area contributed by atoms with Crippen molar-refractivity contribution in [2.24, 2.45) is 0 Å². The largest absolute Gasteiger partial charge is 0.378 e. The van der Waals surface area contributed by atoms with Crippen LogP contribution in [0, 0.1) is 0 Å². The van der Waals surface area contributed by atoms with Crippen molar-refractivity contribution in [3.8, 4) is 11.3 Å². The monoisotopic (exact) mass is 473 g/mol. The van der Waals surface area contributed by atoms with E-state index in [1.54, 1.807) is 12.4 Å². The number of imidazole rings is 1. The van der Waals surface area contributed by atoms with Gasteiger partial charge < -0.3 is 24.3 Å². The van der Waals surface area contributed by atoms with Gasteiger partial charge in [-0.05, 0) is 0 Å². The minimum atomic E-state index is -1.79. The number of nitrogens with two attached hydrogens (primary N) is 1. The van der Waals surface area contributed by atoms with Crippen molar-refractivity contribution < 1.29 is 13.5 Å². The lowest BCUT2D eigenvalue weighted by molar-refractivity contribution is 0.122. The second-order valence-corrected chi connectivity index (χ2v) is 9.09. The minimum Gasteiger partial charge on any atom is -0.378 e. The van der Waals surface area contributed by atoms with Crippen LogP contribution in [-0.2, 0) is 22.4 Å². The fourth-order valence-corrected chi connectivity index (χ4v) is 4.74. The van der Waals surface area contributed by atoms with E-state index in [9.17, 15) is 4.21 Å². The average molecular weight is 474 g/mol. The van der Waals surface area contributed by atoms with Gasteiger partial charge in [-0.3, -0.25) is 9.80 Å². The molecule has 0 saturated carbocycles. The molecule has 0 aromatic carbocycles. The van der Waals surface area contributed by atoms with Crippen LogP contribution < -0.4 is 10.6 Å². The van der Waals surface area contributed by atoms with E-state index in [2.05, 4.69) is 19.8 Å². The summed E-state index contributed by atoms with van der Waals surface area (Å²) in [6, 6.07) is 0. The summed E-state index contributed by atoms with van der Waals surface area (Å²) in [5.41, 5.74) is 8.95.